The van der Waals surface area contributed by atoms with Gasteiger partial charge < -0.3 is 5.02 Å². The molecule has 0 saturated heterocycles. The molecule has 0 amide bonds. The Labute approximate surface area is 117 Å². The molecule has 0 aliphatic rings. The van der Waals surface area contributed by atoms with Crippen molar-refractivity contribution in [2.45, 2.75) is 0 Å². The molecule has 93 valence electrons. The van der Waals surface area contributed by atoms with Crippen molar-refractivity contribution in [2.75, 3.05) is 0 Å². The number of rotatable bonds is 1. The molecule has 0 aliphatic carbocycles. The van der Waals surface area contributed by atoms with Crippen molar-refractivity contribution in [3.05, 3.63) is 66.7 Å². The van der Waals surface area contributed by atoms with Gasteiger partial charge in [0.25, 0.3) is 0 Å². The Morgan fingerprint density at radius 3 is 2.00 bits per heavy atom. The zero-order valence-electron chi connectivity index (χ0n) is 10.9. The number of benzene rings is 4. The van der Waals surface area contributed by atoms with E-state index in [2.05, 4.69) is 36.4 Å². The van der Waals surface area contributed by atoms with E-state index < -0.39 is 0 Å². The van der Waals surface area contributed by atoms with Crippen LogP contribution >= 0.6 is 0 Å². The molecule has 4 aromatic carbocycles. The lowest BCUT2D eigenvalue weighted by molar-refractivity contribution is 0.616. The molecule has 0 heterocycles. The molecule has 0 unspecified atom stereocenters. The smallest absolute Gasteiger partial charge is 0.327 e. The summed E-state index contributed by atoms with van der Waals surface area (Å²) in [5.74, 6) is 0. The van der Waals surface area contributed by atoms with Crippen molar-refractivity contribution in [1.82, 2.24) is 0 Å². The van der Waals surface area contributed by atoms with Gasteiger partial charge in [0.05, 0.1) is 0 Å². The summed E-state index contributed by atoms with van der Waals surface area (Å²) < 4.78 is 0. The Morgan fingerprint density at radius 1 is 0.600 bits per heavy atom. The lowest BCUT2D eigenvalue weighted by Crippen LogP contribution is -2.14. The normalized spacial score (nSPS) is 11.2. The monoisotopic (exact) mass is 255 g/mol. The molecule has 20 heavy (non-hydrogen) atoms. The van der Waals surface area contributed by atoms with E-state index >= 15 is 0 Å². The molecule has 0 saturated carbocycles. The maximum Gasteiger partial charge on any atom is 0.327 e. The number of fused-ring (bicyclic) bond motifs is 4. The Bertz CT molecular complexity index is 944. The van der Waals surface area contributed by atoms with Gasteiger partial charge in [0.1, 0.15) is 0 Å². The molecule has 2 heteroatoms. The minimum absolute atomic E-state index is 0.864. The van der Waals surface area contributed by atoms with Crippen LogP contribution in [0.3, 0.4) is 0 Å². The Kier molecular flexibility index (Phi) is 2.51. The second-order valence-electron chi connectivity index (χ2n) is 5.06. The van der Waals surface area contributed by atoms with Crippen LogP contribution in [0.1, 0.15) is 0 Å². The lowest BCUT2D eigenvalue weighted by Gasteiger charge is -2.09. The first kappa shape index (κ1) is 11.5. The highest BCUT2D eigenvalue weighted by molar-refractivity contribution is 6.51. The van der Waals surface area contributed by atoms with E-state index in [-0.39, 0.29) is 0 Å². The number of hydrogen-bond donors (Lipinski definition) is 1. The van der Waals surface area contributed by atoms with Crippen molar-refractivity contribution < 1.29 is 5.02 Å². The summed E-state index contributed by atoms with van der Waals surface area (Å²) in [6.45, 7) is 0. The topological polar surface area (TPSA) is 20.2 Å². The minimum Gasteiger partial charge on any atom is -0.450 e. The van der Waals surface area contributed by atoms with Crippen LogP contribution in [0.2, 0.25) is 0 Å². The van der Waals surface area contributed by atoms with Gasteiger partial charge in [0.15, 0.2) is 0 Å². The van der Waals surface area contributed by atoms with Crippen LogP contribution in [0, 0.1) is 0 Å². The van der Waals surface area contributed by atoms with Crippen LogP contribution < -0.4 is 5.46 Å². The summed E-state index contributed by atoms with van der Waals surface area (Å²) >= 11 is 0. The van der Waals surface area contributed by atoms with Gasteiger partial charge in [-0.2, -0.15) is 0 Å². The Balaban J connectivity index is 2.25. The van der Waals surface area contributed by atoms with Gasteiger partial charge in [-0.25, -0.2) is 0 Å². The van der Waals surface area contributed by atoms with Gasteiger partial charge in [-0.3, -0.25) is 0 Å². The molecule has 4 rings (SSSR count). The Morgan fingerprint density at radius 2 is 1.25 bits per heavy atom. The molecular formula is C18H12BO. The van der Waals surface area contributed by atoms with Crippen LogP contribution in [-0.2, 0) is 0 Å². The minimum atomic E-state index is 0.864. The highest BCUT2D eigenvalue weighted by atomic mass is 16.2. The van der Waals surface area contributed by atoms with Crippen molar-refractivity contribution in [1.29, 1.82) is 0 Å². The van der Waals surface area contributed by atoms with Crippen molar-refractivity contribution >= 4 is 45.3 Å². The molecule has 0 aliphatic heterocycles. The SMILES string of the molecule is O[B]c1cc2cc3ccccc3cc2c2ccccc12. The average molecular weight is 255 g/mol. The highest BCUT2D eigenvalue weighted by Gasteiger charge is 2.07. The largest absolute Gasteiger partial charge is 0.450 e. The predicted molar refractivity (Wildman–Crippen MR) is 86.6 cm³/mol. The first-order valence-corrected chi connectivity index (χ1v) is 6.68. The van der Waals surface area contributed by atoms with E-state index in [4.69, 9.17) is 0 Å². The summed E-state index contributed by atoms with van der Waals surface area (Å²) in [6.07, 6.45) is 0. The zero-order chi connectivity index (χ0) is 13.5. The fourth-order valence-corrected chi connectivity index (χ4v) is 2.93. The van der Waals surface area contributed by atoms with Crippen LogP contribution in [0.25, 0.3) is 32.3 Å². The molecule has 0 fully saturated rings. The van der Waals surface area contributed by atoms with Gasteiger partial charge in [-0.05, 0) is 49.9 Å². The number of hydrogen-bond acceptors (Lipinski definition) is 1. The van der Waals surface area contributed by atoms with E-state index in [1.54, 1.807) is 0 Å². The molecule has 0 aromatic heterocycles. The first-order chi connectivity index (χ1) is 9.86. The van der Waals surface area contributed by atoms with Gasteiger partial charge in [0.2, 0.25) is 0 Å². The van der Waals surface area contributed by atoms with E-state index in [9.17, 15) is 5.02 Å². The summed E-state index contributed by atoms with van der Waals surface area (Å²) in [6, 6.07) is 23.0. The van der Waals surface area contributed by atoms with E-state index in [1.807, 2.05) is 30.3 Å². The maximum absolute atomic E-state index is 9.48. The highest BCUT2D eigenvalue weighted by Crippen LogP contribution is 2.28. The molecule has 1 nitrogen and oxygen atoms in total. The molecular weight excluding hydrogens is 243 g/mol. The molecule has 0 spiro atoms. The van der Waals surface area contributed by atoms with Crippen molar-refractivity contribution in [3.8, 4) is 0 Å². The summed E-state index contributed by atoms with van der Waals surface area (Å²) in [7, 11) is 1.19. The zero-order valence-corrected chi connectivity index (χ0v) is 10.9. The van der Waals surface area contributed by atoms with Crippen LogP contribution in [0.4, 0.5) is 0 Å². The Hall–Kier alpha value is -2.32. The fourth-order valence-electron chi connectivity index (χ4n) is 2.93. The standard InChI is InChI=1S/C18H12BO/c20-19-18-11-14-9-12-5-1-2-6-13(12)10-17(14)15-7-3-4-8-16(15)18/h1-11,20H. The second-order valence-corrected chi connectivity index (χ2v) is 5.06. The summed E-state index contributed by atoms with van der Waals surface area (Å²) in [4.78, 5) is 0. The third-order valence-corrected chi connectivity index (χ3v) is 3.90. The predicted octanol–water partition coefficient (Wildman–Crippen LogP) is 3.38. The lowest BCUT2D eigenvalue weighted by atomic mass is 9.82. The molecule has 1 radical (unpaired) electrons. The fraction of sp³-hybridized carbons (Fsp3) is 0. The van der Waals surface area contributed by atoms with E-state index in [0.29, 0.717) is 0 Å². The quantitative estimate of drug-likeness (QED) is 0.314. The van der Waals surface area contributed by atoms with E-state index in [0.717, 1.165) is 16.2 Å². The van der Waals surface area contributed by atoms with Crippen molar-refractivity contribution in [3.63, 3.8) is 0 Å². The van der Waals surface area contributed by atoms with Gasteiger partial charge in [-0.15, -0.1) is 0 Å². The molecule has 4 aromatic rings. The van der Waals surface area contributed by atoms with Gasteiger partial charge in [0, 0.05) is 0 Å². The summed E-state index contributed by atoms with van der Waals surface area (Å²) in [5, 5.41) is 16.6. The summed E-state index contributed by atoms with van der Waals surface area (Å²) in [5.41, 5.74) is 0.864. The second kappa shape index (κ2) is 4.36. The molecule has 1 N–H and O–H groups in total. The molecule has 0 bridgehead atoms. The van der Waals surface area contributed by atoms with Gasteiger partial charge >= 0.3 is 7.48 Å². The third kappa shape index (κ3) is 1.62. The van der Waals surface area contributed by atoms with Crippen LogP contribution in [-0.4, -0.2) is 12.5 Å². The van der Waals surface area contributed by atoms with Gasteiger partial charge in [-0.1, -0.05) is 54.6 Å². The van der Waals surface area contributed by atoms with Crippen molar-refractivity contribution in [2.24, 2.45) is 0 Å². The third-order valence-electron chi connectivity index (χ3n) is 3.90. The maximum atomic E-state index is 9.48. The van der Waals surface area contributed by atoms with E-state index in [1.165, 1.54) is 29.0 Å². The first-order valence-electron chi connectivity index (χ1n) is 6.68. The molecule has 0 atom stereocenters. The average Bonchev–Trinajstić information content (AvgIpc) is 2.52. The van der Waals surface area contributed by atoms with Crippen LogP contribution in [0.15, 0.2) is 66.7 Å². The van der Waals surface area contributed by atoms with Crippen LogP contribution in [0.5, 0.6) is 0 Å².